The van der Waals surface area contributed by atoms with Gasteiger partial charge in [0.15, 0.2) is 5.96 Å². The summed E-state index contributed by atoms with van der Waals surface area (Å²) in [6, 6.07) is 8.84. The van der Waals surface area contributed by atoms with E-state index in [-0.39, 0.29) is 24.0 Å². The number of hydrogen-bond acceptors (Lipinski definition) is 5. The lowest BCUT2D eigenvalue weighted by molar-refractivity contribution is 0.107. The van der Waals surface area contributed by atoms with Crippen LogP contribution in [0.15, 0.2) is 29.3 Å². The predicted molar refractivity (Wildman–Crippen MR) is 137 cm³/mol. The van der Waals surface area contributed by atoms with E-state index in [4.69, 9.17) is 4.74 Å². The number of aliphatic imine (C=N–C) groups is 1. The second-order valence-corrected chi connectivity index (χ2v) is 7.92. The van der Waals surface area contributed by atoms with Crippen molar-refractivity contribution in [1.82, 2.24) is 20.0 Å². The Morgan fingerprint density at radius 3 is 2.40 bits per heavy atom. The number of nitrogens with one attached hydrogen (secondary N) is 1. The standard InChI is InChI=1S/C22H38N6O.HI/c1-5-25-9-11-26(12-10-25)19(2)18-24-22(23-3)28-15-13-27(14-16-28)20-7-6-8-21(17-20)29-4;/h6-8,17,19H,5,9-16,18H2,1-4H3,(H,23,24);1H. The summed E-state index contributed by atoms with van der Waals surface area (Å²) in [6.07, 6.45) is 0. The zero-order valence-electron chi connectivity index (χ0n) is 19.0. The molecular weight excluding hydrogens is 491 g/mol. The number of nitrogens with zero attached hydrogens (tertiary/aromatic N) is 5. The number of piperazine rings is 2. The molecule has 2 aliphatic heterocycles. The molecule has 0 bridgehead atoms. The first-order chi connectivity index (χ1) is 14.1. The molecule has 0 aliphatic carbocycles. The van der Waals surface area contributed by atoms with Gasteiger partial charge in [0, 0.05) is 83.7 Å². The lowest BCUT2D eigenvalue weighted by Crippen LogP contribution is -2.56. The monoisotopic (exact) mass is 530 g/mol. The third-order valence-corrected chi connectivity index (χ3v) is 6.24. The molecule has 0 aromatic heterocycles. The summed E-state index contributed by atoms with van der Waals surface area (Å²) < 4.78 is 5.37. The summed E-state index contributed by atoms with van der Waals surface area (Å²) in [7, 11) is 3.61. The molecule has 1 unspecified atom stereocenters. The molecule has 1 atom stereocenters. The molecule has 2 saturated heterocycles. The highest BCUT2D eigenvalue weighted by Gasteiger charge is 2.23. The molecule has 1 N–H and O–H groups in total. The Morgan fingerprint density at radius 2 is 1.80 bits per heavy atom. The number of likely N-dealkylation sites (N-methyl/N-ethyl adjacent to an activating group) is 1. The van der Waals surface area contributed by atoms with Crippen LogP contribution in [0.3, 0.4) is 0 Å². The van der Waals surface area contributed by atoms with E-state index in [2.05, 4.69) is 62.0 Å². The molecule has 0 spiro atoms. The SMILES string of the molecule is CCN1CCN(C(C)CNC(=NC)N2CCN(c3cccc(OC)c3)CC2)CC1.I. The minimum Gasteiger partial charge on any atom is -0.497 e. The molecule has 1 aromatic carbocycles. The van der Waals surface area contributed by atoms with Crippen LogP contribution in [-0.4, -0.2) is 106 Å². The van der Waals surface area contributed by atoms with Gasteiger partial charge in [0.25, 0.3) is 0 Å². The number of guanidine groups is 1. The van der Waals surface area contributed by atoms with Gasteiger partial charge >= 0.3 is 0 Å². The summed E-state index contributed by atoms with van der Waals surface area (Å²) in [5.41, 5.74) is 1.23. The van der Waals surface area contributed by atoms with Gasteiger partial charge in [-0.1, -0.05) is 13.0 Å². The molecule has 0 saturated carbocycles. The molecule has 30 heavy (non-hydrogen) atoms. The fraction of sp³-hybridized carbons (Fsp3) is 0.682. The fourth-order valence-corrected chi connectivity index (χ4v) is 4.20. The highest BCUT2D eigenvalue weighted by Crippen LogP contribution is 2.22. The Hall–Kier alpha value is -1.26. The Bertz CT molecular complexity index is 657. The molecule has 2 fully saturated rings. The van der Waals surface area contributed by atoms with E-state index in [1.807, 2.05) is 13.1 Å². The van der Waals surface area contributed by atoms with Crippen LogP contribution in [-0.2, 0) is 0 Å². The van der Waals surface area contributed by atoms with Gasteiger partial charge in [-0.25, -0.2) is 0 Å². The van der Waals surface area contributed by atoms with Crippen molar-refractivity contribution in [1.29, 1.82) is 0 Å². The molecule has 0 amide bonds. The quantitative estimate of drug-likeness (QED) is 0.345. The summed E-state index contributed by atoms with van der Waals surface area (Å²) in [6.45, 7) is 15.3. The van der Waals surface area contributed by atoms with Crippen LogP contribution in [0, 0.1) is 0 Å². The number of ether oxygens (including phenoxy) is 1. The molecule has 1 aromatic rings. The number of methoxy groups -OCH3 is 1. The first kappa shape index (κ1) is 25.0. The van der Waals surface area contributed by atoms with Crippen LogP contribution in [0.2, 0.25) is 0 Å². The summed E-state index contributed by atoms with van der Waals surface area (Å²) in [5.74, 6) is 1.94. The van der Waals surface area contributed by atoms with Gasteiger partial charge in [0.1, 0.15) is 5.75 Å². The first-order valence-corrected chi connectivity index (χ1v) is 11.0. The van der Waals surface area contributed by atoms with Crippen LogP contribution in [0.25, 0.3) is 0 Å². The topological polar surface area (TPSA) is 46.6 Å². The van der Waals surface area contributed by atoms with Crippen molar-refractivity contribution in [3.8, 4) is 5.75 Å². The van der Waals surface area contributed by atoms with Crippen LogP contribution >= 0.6 is 24.0 Å². The Labute approximate surface area is 199 Å². The average Bonchev–Trinajstić information content (AvgIpc) is 2.79. The van der Waals surface area contributed by atoms with E-state index in [0.717, 1.165) is 64.1 Å². The van der Waals surface area contributed by atoms with Crippen molar-refractivity contribution < 1.29 is 4.74 Å². The minimum absolute atomic E-state index is 0. The van der Waals surface area contributed by atoms with E-state index < -0.39 is 0 Å². The number of anilines is 1. The van der Waals surface area contributed by atoms with E-state index in [0.29, 0.717) is 6.04 Å². The highest BCUT2D eigenvalue weighted by atomic mass is 127. The lowest BCUT2D eigenvalue weighted by Gasteiger charge is -2.39. The van der Waals surface area contributed by atoms with Crippen molar-refractivity contribution in [3.05, 3.63) is 24.3 Å². The molecular formula is C22H39IN6O. The normalized spacial score (nSPS) is 19.9. The number of hydrogen-bond donors (Lipinski definition) is 1. The molecule has 8 heteroatoms. The summed E-state index contributed by atoms with van der Waals surface area (Å²) >= 11 is 0. The number of benzene rings is 1. The third-order valence-electron chi connectivity index (χ3n) is 6.24. The van der Waals surface area contributed by atoms with Gasteiger partial charge in [-0.2, -0.15) is 0 Å². The smallest absolute Gasteiger partial charge is 0.193 e. The van der Waals surface area contributed by atoms with Gasteiger partial charge in [-0.3, -0.25) is 9.89 Å². The zero-order valence-corrected chi connectivity index (χ0v) is 21.3. The van der Waals surface area contributed by atoms with Gasteiger partial charge < -0.3 is 24.8 Å². The van der Waals surface area contributed by atoms with E-state index in [1.165, 1.54) is 18.8 Å². The summed E-state index contributed by atoms with van der Waals surface area (Å²) in [4.78, 5) is 14.5. The van der Waals surface area contributed by atoms with E-state index in [9.17, 15) is 0 Å². The highest BCUT2D eigenvalue weighted by molar-refractivity contribution is 14.0. The lowest BCUT2D eigenvalue weighted by atomic mass is 10.2. The molecule has 2 heterocycles. The van der Waals surface area contributed by atoms with Gasteiger partial charge in [0.05, 0.1) is 7.11 Å². The van der Waals surface area contributed by atoms with Gasteiger partial charge in [0.2, 0.25) is 0 Å². The van der Waals surface area contributed by atoms with Crippen molar-refractivity contribution >= 4 is 35.6 Å². The van der Waals surface area contributed by atoms with Crippen LogP contribution < -0.4 is 15.0 Å². The largest absolute Gasteiger partial charge is 0.497 e. The van der Waals surface area contributed by atoms with Crippen molar-refractivity contribution in [2.45, 2.75) is 19.9 Å². The minimum atomic E-state index is 0. The van der Waals surface area contributed by atoms with E-state index >= 15 is 0 Å². The Kier molecular flexibility index (Phi) is 10.5. The van der Waals surface area contributed by atoms with Crippen LogP contribution in [0.1, 0.15) is 13.8 Å². The van der Waals surface area contributed by atoms with Crippen molar-refractivity contribution in [2.24, 2.45) is 4.99 Å². The zero-order chi connectivity index (χ0) is 20.6. The fourth-order valence-electron chi connectivity index (χ4n) is 4.20. The molecule has 3 rings (SSSR count). The summed E-state index contributed by atoms with van der Waals surface area (Å²) in [5, 5.41) is 3.62. The number of halogens is 1. The second-order valence-electron chi connectivity index (χ2n) is 7.92. The molecule has 170 valence electrons. The Morgan fingerprint density at radius 1 is 1.10 bits per heavy atom. The molecule has 7 nitrogen and oxygen atoms in total. The molecule has 2 aliphatic rings. The maximum atomic E-state index is 5.37. The predicted octanol–water partition coefficient (Wildman–Crippen LogP) is 2.04. The molecule has 0 radical (unpaired) electrons. The maximum Gasteiger partial charge on any atom is 0.193 e. The second kappa shape index (κ2) is 12.6. The maximum absolute atomic E-state index is 5.37. The van der Waals surface area contributed by atoms with Crippen LogP contribution in [0.4, 0.5) is 5.69 Å². The van der Waals surface area contributed by atoms with Crippen molar-refractivity contribution in [3.63, 3.8) is 0 Å². The van der Waals surface area contributed by atoms with Crippen molar-refractivity contribution in [2.75, 3.05) is 84.5 Å². The first-order valence-electron chi connectivity index (χ1n) is 11.0. The van der Waals surface area contributed by atoms with Gasteiger partial charge in [-0.05, 0) is 25.6 Å². The van der Waals surface area contributed by atoms with Gasteiger partial charge in [-0.15, -0.1) is 24.0 Å². The average molecular weight is 530 g/mol. The third kappa shape index (κ3) is 6.62. The van der Waals surface area contributed by atoms with Crippen LogP contribution in [0.5, 0.6) is 5.75 Å². The number of rotatable bonds is 6. The van der Waals surface area contributed by atoms with E-state index in [1.54, 1.807) is 7.11 Å². The Balaban J connectivity index is 0.00000320.